The van der Waals surface area contributed by atoms with E-state index in [1.54, 1.807) is 24.1 Å². The molecule has 1 aromatic heterocycles. The Balaban J connectivity index is 0.00000336. The molecule has 1 amide bonds. The van der Waals surface area contributed by atoms with Crippen LogP contribution in [0.3, 0.4) is 0 Å². The first-order valence-corrected chi connectivity index (χ1v) is 14.2. The van der Waals surface area contributed by atoms with Crippen molar-refractivity contribution in [2.24, 2.45) is 0 Å². The highest BCUT2D eigenvalue weighted by Gasteiger charge is 2.31. The molecule has 0 saturated carbocycles. The first-order valence-electron chi connectivity index (χ1n) is 11.9. The highest BCUT2D eigenvalue weighted by atomic mass is 35.5. The van der Waals surface area contributed by atoms with Crippen LogP contribution in [0.25, 0.3) is 10.2 Å². The summed E-state index contributed by atoms with van der Waals surface area (Å²) in [6.07, 6.45) is 0.681. The third-order valence-electron chi connectivity index (χ3n) is 6.36. The molecule has 1 aliphatic heterocycles. The van der Waals surface area contributed by atoms with Gasteiger partial charge in [0.2, 0.25) is 0 Å². The number of hydrogen-bond acceptors (Lipinski definition) is 7. The average molecular weight is 573 g/mol. The Bertz CT molecular complexity index is 1560. The number of hydrogen-bond donors (Lipinski definition) is 0. The summed E-state index contributed by atoms with van der Waals surface area (Å²) in [7, 11) is 1.77. The van der Waals surface area contributed by atoms with Crippen molar-refractivity contribution in [2.75, 3.05) is 50.0 Å². The second-order valence-electron chi connectivity index (χ2n) is 9.07. The number of halogens is 1. The monoisotopic (exact) mass is 572 g/mol. The zero-order valence-corrected chi connectivity index (χ0v) is 23.8. The SMILES string of the molecule is COc1ccc2nc(N(CCN(C)C)C(=O)c3ccc(S(=O)(=O)N4CCc5ccccc54)cc3)sc2c1.Cl. The summed E-state index contributed by atoms with van der Waals surface area (Å²) < 4.78 is 34.4. The number of amides is 1. The van der Waals surface area contributed by atoms with Crippen molar-refractivity contribution in [3.8, 4) is 5.75 Å². The number of carbonyl (C=O) groups excluding carboxylic acids is 1. The van der Waals surface area contributed by atoms with E-state index in [2.05, 4.69) is 0 Å². The Morgan fingerprint density at radius 3 is 2.50 bits per heavy atom. The van der Waals surface area contributed by atoms with Crippen molar-refractivity contribution in [2.45, 2.75) is 11.3 Å². The number of anilines is 2. The first-order chi connectivity index (χ1) is 17.8. The number of nitrogens with zero attached hydrogens (tertiary/aromatic N) is 4. The van der Waals surface area contributed by atoms with E-state index in [4.69, 9.17) is 9.72 Å². The molecule has 0 fully saturated rings. The lowest BCUT2D eigenvalue weighted by molar-refractivity contribution is 0.0985. The summed E-state index contributed by atoms with van der Waals surface area (Å²) in [4.78, 5) is 22.1. The average Bonchev–Trinajstić information content (AvgIpc) is 3.53. The van der Waals surface area contributed by atoms with Crippen LogP contribution < -0.4 is 13.9 Å². The van der Waals surface area contributed by atoms with Crippen molar-refractivity contribution in [1.29, 1.82) is 0 Å². The molecule has 11 heteroatoms. The van der Waals surface area contributed by atoms with E-state index >= 15 is 0 Å². The standard InChI is InChI=1S/C27H28N4O4S2.ClH/c1-29(2)16-17-30(27-28-23-13-10-21(35-3)18-25(23)36-27)26(32)20-8-11-22(12-9-20)37(33,34)31-15-14-19-6-4-5-7-24(19)31;/h4-13,18H,14-17H2,1-3H3;1H. The third-order valence-corrected chi connectivity index (χ3v) is 9.23. The van der Waals surface area contributed by atoms with Gasteiger partial charge >= 0.3 is 0 Å². The highest BCUT2D eigenvalue weighted by molar-refractivity contribution is 7.92. The molecule has 0 aliphatic carbocycles. The van der Waals surface area contributed by atoms with E-state index in [0.717, 1.165) is 21.5 Å². The lowest BCUT2D eigenvalue weighted by atomic mass is 10.2. The van der Waals surface area contributed by atoms with Crippen LogP contribution in [0.4, 0.5) is 10.8 Å². The fourth-order valence-corrected chi connectivity index (χ4v) is 6.85. The number of thiazole rings is 1. The van der Waals surface area contributed by atoms with E-state index in [1.165, 1.54) is 27.8 Å². The molecular formula is C27H29ClN4O4S2. The normalized spacial score (nSPS) is 12.9. The molecule has 8 nitrogen and oxygen atoms in total. The minimum Gasteiger partial charge on any atom is -0.497 e. The number of likely N-dealkylation sites (N-methyl/N-ethyl adjacent to an activating group) is 1. The Morgan fingerprint density at radius 2 is 1.79 bits per heavy atom. The number of benzene rings is 3. The van der Waals surface area contributed by atoms with Crippen LogP contribution in [0.5, 0.6) is 5.75 Å². The van der Waals surface area contributed by atoms with Crippen molar-refractivity contribution >= 4 is 60.7 Å². The number of ether oxygens (including phenoxy) is 1. The molecule has 4 aromatic rings. The van der Waals surface area contributed by atoms with Crippen LogP contribution in [0, 0.1) is 0 Å². The van der Waals surface area contributed by atoms with Gasteiger partial charge in [-0.15, -0.1) is 12.4 Å². The van der Waals surface area contributed by atoms with Crippen LogP contribution in [0.1, 0.15) is 15.9 Å². The number of carbonyl (C=O) groups is 1. The predicted molar refractivity (Wildman–Crippen MR) is 155 cm³/mol. The van der Waals surface area contributed by atoms with E-state index < -0.39 is 10.0 Å². The van der Waals surface area contributed by atoms with Gasteiger partial charge in [-0.2, -0.15) is 0 Å². The summed E-state index contributed by atoms with van der Waals surface area (Å²) in [6.45, 7) is 1.49. The fraction of sp³-hybridized carbons (Fsp3) is 0.259. The summed E-state index contributed by atoms with van der Waals surface area (Å²) in [5, 5.41) is 0.584. The van der Waals surface area contributed by atoms with Crippen LogP contribution in [-0.2, 0) is 16.4 Å². The maximum atomic E-state index is 13.6. The lowest BCUT2D eigenvalue weighted by Gasteiger charge is -2.22. The molecule has 0 atom stereocenters. The molecule has 2 heterocycles. The van der Waals surface area contributed by atoms with Crippen LogP contribution >= 0.6 is 23.7 Å². The number of rotatable bonds is 8. The van der Waals surface area contributed by atoms with Crippen molar-refractivity contribution in [3.05, 3.63) is 77.9 Å². The summed E-state index contributed by atoms with van der Waals surface area (Å²) in [6, 6.07) is 19.3. The van der Waals surface area contributed by atoms with E-state index in [-0.39, 0.29) is 23.2 Å². The molecule has 200 valence electrons. The molecular weight excluding hydrogens is 544 g/mol. The molecule has 5 rings (SSSR count). The number of fused-ring (bicyclic) bond motifs is 2. The maximum absolute atomic E-state index is 13.6. The number of para-hydroxylation sites is 1. The molecule has 0 bridgehead atoms. The maximum Gasteiger partial charge on any atom is 0.264 e. The zero-order valence-electron chi connectivity index (χ0n) is 21.3. The van der Waals surface area contributed by atoms with Gasteiger partial charge in [-0.05, 0) is 74.6 Å². The van der Waals surface area contributed by atoms with Gasteiger partial charge < -0.3 is 9.64 Å². The van der Waals surface area contributed by atoms with Crippen LogP contribution in [0.2, 0.25) is 0 Å². The summed E-state index contributed by atoms with van der Waals surface area (Å²) in [5.74, 6) is 0.495. The van der Waals surface area contributed by atoms with Crippen molar-refractivity contribution in [1.82, 2.24) is 9.88 Å². The smallest absolute Gasteiger partial charge is 0.264 e. The van der Waals surface area contributed by atoms with Crippen LogP contribution in [0.15, 0.2) is 71.6 Å². The van der Waals surface area contributed by atoms with Gasteiger partial charge in [0.1, 0.15) is 5.75 Å². The molecule has 0 saturated heterocycles. The fourth-order valence-electron chi connectivity index (χ4n) is 4.33. The minimum atomic E-state index is -3.73. The Labute approximate surface area is 232 Å². The Hall–Kier alpha value is -3.18. The second-order valence-corrected chi connectivity index (χ2v) is 11.9. The van der Waals surface area contributed by atoms with Crippen molar-refractivity contribution < 1.29 is 17.9 Å². The largest absolute Gasteiger partial charge is 0.497 e. The van der Waals surface area contributed by atoms with Gasteiger partial charge in [0.05, 0.1) is 27.9 Å². The zero-order chi connectivity index (χ0) is 26.2. The first kappa shape index (κ1) is 27.8. The van der Waals surface area contributed by atoms with Crippen molar-refractivity contribution in [3.63, 3.8) is 0 Å². The molecule has 0 spiro atoms. The molecule has 1 aliphatic rings. The van der Waals surface area contributed by atoms with E-state index in [9.17, 15) is 13.2 Å². The van der Waals surface area contributed by atoms with E-state index in [1.807, 2.05) is 61.5 Å². The minimum absolute atomic E-state index is 0. The van der Waals surface area contributed by atoms with E-state index in [0.29, 0.717) is 42.4 Å². The Morgan fingerprint density at radius 1 is 1.05 bits per heavy atom. The summed E-state index contributed by atoms with van der Waals surface area (Å²) in [5.41, 5.74) is 2.92. The number of sulfonamides is 1. The van der Waals surface area contributed by atoms with Gasteiger partial charge in [0, 0.05) is 25.2 Å². The number of methoxy groups -OCH3 is 1. The lowest BCUT2D eigenvalue weighted by Crippen LogP contribution is -2.36. The highest BCUT2D eigenvalue weighted by Crippen LogP contribution is 2.34. The molecule has 0 N–H and O–H groups in total. The van der Waals surface area contributed by atoms with Gasteiger partial charge in [-0.1, -0.05) is 29.5 Å². The number of aromatic nitrogens is 1. The topological polar surface area (TPSA) is 83.0 Å². The van der Waals surface area contributed by atoms with Gasteiger partial charge in [-0.3, -0.25) is 14.0 Å². The molecule has 0 radical (unpaired) electrons. The van der Waals surface area contributed by atoms with Gasteiger partial charge in [0.15, 0.2) is 5.13 Å². The summed E-state index contributed by atoms with van der Waals surface area (Å²) >= 11 is 1.42. The van der Waals surface area contributed by atoms with Gasteiger partial charge in [-0.25, -0.2) is 13.4 Å². The second kappa shape index (κ2) is 11.3. The third kappa shape index (κ3) is 5.35. The predicted octanol–water partition coefficient (Wildman–Crippen LogP) is 4.69. The molecule has 3 aromatic carbocycles. The quantitative estimate of drug-likeness (QED) is 0.305. The van der Waals surface area contributed by atoms with Crippen LogP contribution in [-0.4, -0.2) is 65.0 Å². The molecule has 38 heavy (non-hydrogen) atoms. The molecule has 0 unspecified atom stereocenters. The van der Waals surface area contributed by atoms with Gasteiger partial charge in [0.25, 0.3) is 15.9 Å². The Kier molecular flexibility index (Phi) is 8.27.